The molecule has 0 bridgehead atoms. The lowest BCUT2D eigenvalue weighted by Gasteiger charge is -2.28. The van der Waals surface area contributed by atoms with E-state index in [9.17, 15) is 14.3 Å². The topological polar surface area (TPSA) is 65.6 Å². The lowest BCUT2D eigenvalue weighted by Crippen LogP contribution is -2.42. The van der Waals surface area contributed by atoms with Crippen molar-refractivity contribution < 1.29 is 14.2 Å². The highest BCUT2D eigenvalue weighted by Crippen LogP contribution is 2.17. The first kappa shape index (κ1) is 15.1. The predicted molar refractivity (Wildman–Crippen MR) is 81.2 cm³/mol. The minimum atomic E-state index is -0.513. The summed E-state index contributed by atoms with van der Waals surface area (Å²) in [7, 11) is 0. The Hall–Kier alpha value is -1.76. The smallest absolute Gasteiger partial charge is 0.189 e. The maximum absolute atomic E-state index is 13.2. The van der Waals surface area contributed by atoms with Crippen LogP contribution in [0.15, 0.2) is 29.1 Å². The third-order valence-electron chi connectivity index (χ3n) is 4.12. The van der Waals surface area contributed by atoms with Crippen LogP contribution in [0, 0.1) is 5.82 Å². The normalized spacial score (nSPS) is 21.8. The van der Waals surface area contributed by atoms with Gasteiger partial charge >= 0.3 is 0 Å². The van der Waals surface area contributed by atoms with Crippen molar-refractivity contribution in [3.63, 3.8) is 0 Å². The van der Waals surface area contributed by atoms with Gasteiger partial charge in [-0.05, 0) is 24.7 Å². The minimum absolute atomic E-state index is 0.0718. The summed E-state index contributed by atoms with van der Waals surface area (Å²) in [5, 5.41) is 10.3. The van der Waals surface area contributed by atoms with Gasteiger partial charge in [-0.3, -0.25) is 9.69 Å². The zero-order valence-corrected chi connectivity index (χ0v) is 12.4. The van der Waals surface area contributed by atoms with E-state index in [1.165, 1.54) is 18.2 Å². The van der Waals surface area contributed by atoms with Gasteiger partial charge in [0.25, 0.3) is 0 Å². The van der Waals surface area contributed by atoms with Gasteiger partial charge in [-0.25, -0.2) is 4.39 Å². The van der Waals surface area contributed by atoms with Crippen LogP contribution >= 0.6 is 0 Å². The number of nitrogens with one attached hydrogen (secondary N) is 1. The highest BCUT2D eigenvalue weighted by atomic mass is 19.1. The summed E-state index contributed by atoms with van der Waals surface area (Å²) in [6.45, 7) is 4.06. The molecular weight excluding hydrogens is 287 g/mol. The summed E-state index contributed by atoms with van der Waals surface area (Å²) in [6.07, 6.45) is -0.513. The number of pyridine rings is 1. The molecule has 0 saturated carbocycles. The van der Waals surface area contributed by atoms with Crippen LogP contribution in [0.2, 0.25) is 0 Å². The fourth-order valence-electron chi connectivity index (χ4n) is 2.92. The van der Waals surface area contributed by atoms with Crippen molar-refractivity contribution in [3.8, 4) is 0 Å². The van der Waals surface area contributed by atoms with E-state index < -0.39 is 11.9 Å². The standard InChI is InChI=1S/C16H19FN2O3/c1-2-19(14-8-22-9-16(14)21)7-11-6-15(20)12-5-10(17)3-4-13(12)18-11/h3-6,14,16,21H,2,7-9H2,1H3,(H,18,20)/t14-,16-/m0/s1. The molecule has 0 spiro atoms. The molecule has 5 nitrogen and oxygen atoms in total. The second-order valence-corrected chi connectivity index (χ2v) is 5.58. The summed E-state index contributed by atoms with van der Waals surface area (Å²) in [5.41, 5.74) is 1.15. The summed E-state index contributed by atoms with van der Waals surface area (Å²) < 4.78 is 18.5. The van der Waals surface area contributed by atoms with Gasteiger partial charge in [-0.1, -0.05) is 6.92 Å². The molecule has 0 amide bonds. The number of hydrogen-bond acceptors (Lipinski definition) is 4. The molecule has 0 unspecified atom stereocenters. The monoisotopic (exact) mass is 306 g/mol. The number of aromatic nitrogens is 1. The number of nitrogens with zero attached hydrogens (tertiary/aromatic N) is 1. The van der Waals surface area contributed by atoms with Crippen molar-refractivity contribution >= 4 is 10.9 Å². The molecule has 1 fully saturated rings. The Morgan fingerprint density at radius 1 is 1.41 bits per heavy atom. The second kappa shape index (κ2) is 6.16. The summed E-state index contributed by atoms with van der Waals surface area (Å²) in [6, 6.07) is 5.56. The van der Waals surface area contributed by atoms with Gasteiger partial charge in [-0.2, -0.15) is 0 Å². The number of aromatic amines is 1. The summed E-state index contributed by atoms with van der Waals surface area (Å²) in [4.78, 5) is 17.4. The molecule has 1 saturated heterocycles. The average Bonchev–Trinajstić information content (AvgIpc) is 2.92. The Balaban J connectivity index is 1.89. The van der Waals surface area contributed by atoms with Gasteiger partial charge in [0.2, 0.25) is 0 Å². The van der Waals surface area contributed by atoms with Crippen molar-refractivity contribution in [1.82, 2.24) is 9.88 Å². The van der Waals surface area contributed by atoms with E-state index >= 15 is 0 Å². The predicted octanol–water partition coefficient (Wildman–Crippen LogP) is 1.25. The molecular formula is C16H19FN2O3. The van der Waals surface area contributed by atoms with E-state index in [0.717, 1.165) is 12.2 Å². The molecule has 1 aliphatic rings. The molecule has 6 heteroatoms. The van der Waals surface area contributed by atoms with E-state index in [0.29, 0.717) is 30.7 Å². The molecule has 2 heterocycles. The van der Waals surface area contributed by atoms with Crippen LogP contribution in [0.25, 0.3) is 10.9 Å². The van der Waals surface area contributed by atoms with Crippen LogP contribution < -0.4 is 5.43 Å². The molecule has 3 rings (SSSR count). The van der Waals surface area contributed by atoms with E-state index in [2.05, 4.69) is 9.88 Å². The number of aliphatic hydroxyl groups is 1. The molecule has 0 aliphatic carbocycles. The lowest BCUT2D eigenvalue weighted by atomic mass is 10.1. The second-order valence-electron chi connectivity index (χ2n) is 5.58. The molecule has 2 N–H and O–H groups in total. The number of benzene rings is 1. The van der Waals surface area contributed by atoms with Crippen LogP contribution in [0.3, 0.4) is 0 Å². The van der Waals surface area contributed by atoms with Crippen molar-refractivity contribution in [2.24, 2.45) is 0 Å². The van der Waals surface area contributed by atoms with Crippen LogP contribution in [0.1, 0.15) is 12.6 Å². The quantitative estimate of drug-likeness (QED) is 0.892. The van der Waals surface area contributed by atoms with E-state index in [-0.39, 0.29) is 11.5 Å². The lowest BCUT2D eigenvalue weighted by molar-refractivity contribution is 0.0802. The number of likely N-dealkylation sites (N-methyl/N-ethyl adjacent to an activating group) is 1. The number of hydrogen-bond donors (Lipinski definition) is 2. The minimum Gasteiger partial charge on any atom is -0.389 e. The maximum Gasteiger partial charge on any atom is 0.189 e. The Morgan fingerprint density at radius 3 is 2.91 bits per heavy atom. The molecule has 2 atom stereocenters. The van der Waals surface area contributed by atoms with Crippen molar-refractivity contribution in [1.29, 1.82) is 0 Å². The van der Waals surface area contributed by atoms with Gasteiger partial charge in [0.05, 0.1) is 25.4 Å². The van der Waals surface area contributed by atoms with E-state index in [4.69, 9.17) is 4.74 Å². The first-order valence-corrected chi connectivity index (χ1v) is 7.40. The van der Waals surface area contributed by atoms with Crippen molar-refractivity contribution in [3.05, 3.63) is 46.0 Å². The number of fused-ring (bicyclic) bond motifs is 1. The maximum atomic E-state index is 13.2. The fraction of sp³-hybridized carbons (Fsp3) is 0.438. The number of aliphatic hydroxyl groups excluding tert-OH is 1. The third kappa shape index (κ3) is 2.90. The first-order valence-electron chi connectivity index (χ1n) is 7.40. The van der Waals surface area contributed by atoms with Crippen molar-refractivity contribution in [2.75, 3.05) is 19.8 Å². The number of ether oxygens (including phenoxy) is 1. The largest absolute Gasteiger partial charge is 0.389 e. The zero-order valence-electron chi connectivity index (χ0n) is 12.4. The molecule has 1 aromatic carbocycles. The zero-order chi connectivity index (χ0) is 15.7. The molecule has 1 aromatic heterocycles. The number of H-pyrrole nitrogens is 1. The molecule has 2 aromatic rings. The van der Waals surface area contributed by atoms with Gasteiger partial charge in [0.1, 0.15) is 5.82 Å². The fourth-order valence-corrected chi connectivity index (χ4v) is 2.92. The summed E-state index contributed by atoms with van der Waals surface area (Å²) >= 11 is 0. The van der Waals surface area contributed by atoms with Crippen LogP contribution in [0.5, 0.6) is 0 Å². The number of rotatable bonds is 4. The Morgan fingerprint density at radius 2 is 2.23 bits per heavy atom. The first-order chi connectivity index (χ1) is 10.6. The highest BCUT2D eigenvalue weighted by molar-refractivity contribution is 5.78. The Bertz CT molecular complexity index is 731. The van der Waals surface area contributed by atoms with Crippen molar-refractivity contribution in [2.45, 2.75) is 25.6 Å². The van der Waals surface area contributed by atoms with Crippen LogP contribution in [0.4, 0.5) is 4.39 Å². The Labute approximate surface area is 127 Å². The van der Waals surface area contributed by atoms with Gasteiger partial charge in [0.15, 0.2) is 5.43 Å². The molecule has 0 radical (unpaired) electrons. The molecule has 22 heavy (non-hydrogen) atoms. The average molecular weight is 306 g/mol. The third-order valence-corrected chi connectivity index (χ3v) is 4.12. The highest BCUT2D eigenvalue weighted by Gasteiger charge is 2.31. The van der Waals surface area contributed by atoms with Gasteiger partial charge in [-0.15, -0.1) is 0 Å². The SMILES string of the molecule is CCN(Cc1cc(=O)c2cc(F)ccc2[nH]1)[C@H]1COC[C@@H]1O. The molecule has 118 valence electrons. The summed E-state index contributed by atoms with van der Waals surface area (Å²) in [5.74, 6) is -0.424. The van der Waals surface area contributed by atoms with Crippen LogP contribution in [-0.4, -0.2) is 46.9 Å². The van der Waals surface area contributed by atoms with Gasteiger partial charge in [0, 0.05) is 29.2 Å². The molecule has 1 aliphatic heterocycles. The van der Waals surface area contributed by atoms with E-state index in [1.54, 1.807) is 6.07 Å². The number of halogens is 1. The van der Waals surface area contributed by atoms with Gasteiger partial charge < -0.3 is 14.8 Å². The Kier molecular flexibility index (Phi) is 4.24. The van der Waals surface area contributed by atoms with Crippen LogP contribution in [-0.2, 0) is 11.3 Å². The van der Waals surface area contributed by atoms with E-state index in [1.807, 2.05) is 6.92 Å².